The van der Waals surface area contributed by atoms with Gasteiger partial charge in [0.15, 0.2) is 5.78 Å². The molecule has 5 heteroatoms. The van der Waals surface area contributed by atoms with Crippen LogP contribution in [-0.2, 0) is 6.54 Å². The van der Waals surface area contributed by atoms with E-state index in [1.807, 2.05) is 10.9 Å². The molecule has 1 aromatic carbocycles. The fraction of sp³-hybridized carbons (Fsp3) is 0.333. The lowest BCUT2D eigenvalue weighted by molar-refractivity contribution is 0.0849. The van der Waals surface area contributed by atoms with Gasteiger partial charge in [0.1, 0.15) is 17.7 Å². The minimum Gasteiger partial charge on any atom is -0.484 e. The van der Waals surface area contributed by atoms with Gasteiger partial charge in [-0.05, 0) is 24.6 Å². The van der Waals surface area contributed by atoms with E-state index in [9.17, 15) is 9.18 Å². The van der Waals surface area contributed by atoms with Crippen LogP contribution >= 0.6 is 0 Å². The van der Waals surface area contributed by atoms with E-state index < -0.39 is 5.82 Å². The third-order valence-corrected chi connectivity index (χ3v) is 3.36. The third kappa shape index (κ3) is 2.31. The molecule has 0 radical (unpaired) electrons. The minimum atomic E-state index is -0.421. The quantitative estimate of drug-likeness (QED) is 0.863. The van der Waals surface area contributed by atoms with Gasteiger partial charge in [-0.2, -0.15) is 5.10 Å². The third-order valence-electron chi connectivity index (χ3n) is 3.36. The monoisotopic (exact) mass is 274 g/mol. The molecule has 0 amide bonds. The number of hydrogen-bond donors (Lipinski definition) is 0. The van der Waals surface area contributed by atoms with Gasteiger partial charge in [0.2, 0.25) is 0 Å². The summed E-state index contributed by atoms with van der Waals surface area (Å²) in [7, 11) is 0. The van der Waals surface area contributed by atoms with Gasteiger partial charge in [0.05, 0.1) is 18.2 Å². The molecule has 20 heavy (non-hydrogen) atoms. The molecule has 2 heterocycles. The van der Waals surface area contributed by atoms with Crippen molar-refractivity contribution in [3.8, 4) is 5.75 Å². The molecule has 0 fully saturated rings. The van der Waals surface area contributed by atoms with Gasteiger partial charge >= 0.3 is 0 Å². The first kappa shape index (κ1) is 12.8. The summed E-state index contributed by atoms with van der Waals surface area (Å²) in [6.45, 7) is 2.91. The number of hydrogen-bond acceptors (Lipinski definition) is 3. The van der Waals surface area contributed by atoms with E-state index in [-0.39, 0.29) is 18.3 Å². The number of benzene rings is 1. The number of rotatable bonds is 3. The lowest BCUT2D eigenvalue weighted by Crippen LogP contribution is -2.20. The fourth-order valence-corrected chi connectivity index (χ4v) is 2.38. The van der Waals surface area contributed by atoms with Gasteiger partial charge in [-0.25, -0.2) is 4.39 Å². The van der Waals surface area contributed by atoms with Crippen molar-refractivity contribution in [2.24, 2.45) is 0 Å². The van der Waals surface area contributed by atoms with Crippen molar-refractivity contribution < 1.29 is 13.9 Å². The van der Waals surface area contributed by atoms with Gasteiger partial charge in [-0.1, -0.05) is 6.92 Å². The van der Waals surface area contributed by atoms with E-state index in [0.29, 0.717) is 11.3 Å². The number of carbonyl (C=O) groups is 1. The average Bonchev–Trinajstić information content (AvgIpc) is 2.88. The summed E-state index contributed by atoms with van der Waals surface area (Å²) in [6, 6.07) is 4.04. The van der Waals surface area contributed by atoms with Crippen LogP contribution in [0.5, 0.6) is 5.75 Å². The molecule has 0 bridgehead atoms. The second-order valence-electron chi connectivity index (χ2n) is 4.91. The summed E-state index contributed by atoms with van der Waals surface area (Å²) in [5.74, 6) is -0.0789. The number of fused-ring (bicyclic) bond motifs is 1. The highest BCUT2D eigenvalue weighted by Gasteiger charge is 2.28. The van der Waals surface area contributed by atoms with Gasteiger partial charge < -0.3 is 4.74 Å². The van der Waals surface area contributed by atoms with E-state index in [4.69, 9.17) is 4.74 Å². The van der Waals surface area contributed by atoms with Crippen LogP contribution < -0.4 is 4.74 Å². The number of aryl methyl sites for hydroxylation is 1. The number of ether oxygens (including phenoxy) is 1. The number of Topliss-reactive ketones (excluding diaryl/α,β-unsaturated/α-hetero) is 1. The molecule has 0 saturated heterocycles. The summed E-state index contributed by atoms with van der Waals surface area (Å²) >= 11 is 0. The predicted octanol–water partition coefficient (Wildman–Crippen LogP) is 3.14. The first-order valence-electron chi connectivity index (χ1n) is 6.69. The van der Waals surface area contributed by atoms with Gasteiger partial charge in [-0.15, -0.1) is 0 Å². The topological polar surface area (TPSA) is 44.1 Å². The Morgan fingerprint density at radius 1 is 1.50 bits per heavy atom. The maximum atomic E-state index is 13.2. The molecule has 1 unspecified atom stereocenters. The molecular formula is C15H15FN2O2. The average molecular weight is 274 g/mol. The summed E-state index contributed by atoms with van der Waals surface area (Å²) in [5, 5.41) is 4.24. The first-order chi connectivity index (χ1) is 9.67. The Hall–Kier alpha value is -2.17. The molecule has 0 N–H and O–H groups in total. The number of carbonyl (C=O) groups excluding carboxylic acids is 1. The van der Waals surface area contributed by atoms with Crippen molar-refractivity contribution in [3.05, 3.63) is 47.5 Å². The zero-order chi connectivity index (χ0) is 14.1. The largest absolute Gasteiger partial charge is 0.484 e. The maximum absolute atomic E-state index is 13.2. The molecule has 104 valence electrons. The Kier molecular flexibility index (Phi) is 3.26. The van der Waals surface area contributed by atoms with Crippen LogP contribution in [0.25, 0.3) is 0 Å². The fourth-order valence-electron chi connectivity index (χ4n) is 2.38. The van der Waals surface area contributed by atoms with Crippen LogP contribution in [0, 0.1) is 5.82 Å². The summed E-state index contributed by atoms with van der Waals surface area (Å²) in [4.78, 5) is 12.1. The van der Waals surface area contributed by atoms with Crippen LogP contribution in [0.4, 0.5) is 4.39 Å². The summed E-state index contributed by atoms with van der Waals surface area (Å²) in [6.07, 6.45) is 4.49. The lowest BCUT2D eigenvalue weighted by atomic mass is 9.98. The molecule has 1 atom stereocenters. The normalized spacial score (nSPS) is 17.7. The van der Waals surface area contributed by atoms with Crippen LogP contribution in [0.15, 0.2) is 30.6 Å². The van der Waals surface area contributed by atoms with Crippen molar-refractivity contribution in [1.29, 1.82) is 0 Å². The molecule has 0 spiro atoms. The molecule has 3 rings (SSSR count). The summed E-state index contributed by atoms with van der Waals surface area (Å²) in [5.41, 5.74) is 1.20. The van der Waals surface area contributed by atoms with Crippen molar-refractivity contribution in [1.82, 2.24) is 9.78 Å². The van der Waals surface area contributed by atoms with E-state index in [0.717, 1.165) is 18.5 Å². The van der Waals surface area contributed by atoms with Crippen molar-refractivity contribution in [2.45, 2.75) is 32.4 Å². The smallest absolute Gasteiger partial charge is 0.170 e. The Morgan fingerprint density at radius 2 is 2.35 bits per heavy atom. The van der Waals surface area contributed by atoms with E-state index in [1.165, 1.54) is 18.2 Å². The lowest BCUT2D eigenvalue weighted by Gasteiger charge is -2.24. The number of ketones is 1. The Labute approximate surface area is 116 Å². The highest BCUT2D eigenvalue weighted by atomic mass is 19.1. The molecule has 1 aromatic heterocycles. The second-order valence-corrected chi connectivity index (χ2v) is 4.91. The Balaban J connectivity index is 1.87. The highest BCUT2D eigenvalue weighted by Crippen LogP contribution is 2.34. The van der Waals surface area contributed by atoms with Crippen LogP contribution in [0.3, 0.4) is 0 Å². The Morgan fingerprint density at radius 3 is 3.15 bits per heavy atom. The minimum absolute atomic E-state index is 0.0982. The summed E-state index contributed by atoms with van der Waals surface area (Å²) < 4.78 is 20.8. The Bertz CT molecular complexity index is 651. The number of halogens is 1. The predicted molar refractivity (Wildman–Crippen MR) is 71.2 cm³/mol. The van der Waals surface area contributed by atoms with Crippen LogP contribution in [-0.4, -0.2) is 15.6 Å². The first-order valence-corrected chi connectivity index (χ1v) is 6.69. The van der Waals surface area contributed by atoms with E-state index >= 15 is 0 Å². The SMILES string of the molecule is CCCn1cc(C2CC(=O)c3cc(F)ccc3O2)cn1. The number of aromatic nitrogens is 2. The van der Waals surface area contributed by atoms with Crippen LogP contribution in [0.1, 0.15) is 41.8 Å². The molecule has 2 aromatic rings. The van der Waals surface area contributed by atoms with Gasteiger partial charge in [0, 0.05) is 18.3 Å². The maximum Gasteiger partial charge on any atom is 0.170 e. The zero-order valence-electron chi connectivity index (χ0n) is 11.2. The standard InChI is InChI=1S/C15H15FN2O2/c1-2-5-18-9-10(8-17-18)15-7-13(19)12-6-11(16)3-4-14(12)20-15/h3-4,6,8-9,15H,2,5,7H2,1H3. The van der Waals surface area contributed by atoms with Gasteiger partial charge in [0.25, 0.3) is 0 Å². The molecule has 1 aliphatic heterocycles. The van der Waals surface area contributed by atoms with Crippen molar-refractivity contribution in [2.75, 3.05) is 0 Å². The zero-order valence-corrected chi connectivity index (χ0v) is 11.2. The molecule has 4 nitrogen and oxygen atoms in total. The molecule has 0 aliphatic carbocycles. The molecule has 0 saturated carbocycles. The van der Waals surface area contributed by atoms with E-state index in [2.05, 4.69) is 12.0 Å². The number of nitrogens with zero attached hydrogens (tertiary/aromatic N) is 2. The van der Waals surface area contributed by atoms with Crippen molar-refractivity contribution >= 4 is 5.78 Å². The van der Waals surface area contributed by atoms with Crippen LogP contribution in [0.2, 0.25) is 0 Å². The second kappa shape index (κ2) is 5.07. The van der Waals surface area contributed by atoms with Crippen molar-refractivity contribution in [3.63, 3.8) is 0 Å². The van der Waals surface area contributed by atoms with Gasteiger partial charge in [-0.3, -0.25) is 9.48 Å². The van der Waals surface area contributed by atoms with E-state index in [1.54, 1.807) is 6.20 Å². The molecular weight excluding hydrogens is 259 g/mol. The molecule has 1 aliphatic rings. The highest BCUT2D eigenvalue weighted by molar-refractivity contribution is 6.00.